The maximum absolute atomic E-state index is 12.1. The first-order valence-corrected chi connectivity index (χ1v) is 6.23. The van der Waals surface area contributed by atoms with Crippen LogP contribution < -0.4 is 10.1 Å². The van der Waals surface area contributed by atoms with Crippen LogP contribution in [0.15, 0.2) is 33.6 Å². The van der Waals surface area contributed by atoms with Crippen LogP contribution in [-0.2, 0) is 13.1 Å². The van der Waals surface area contributed by atoms with E-state index < -0.39 is 6.36 Å². The van der Waals surface area contributed by atoms with E-state index in [0.717, 1.165) is 5.56 Å². The number of nitrogens with one attached hydrogen (secondary N) is 1. The predicted molar refractivity (Wildman–Crippen MR) is 65.7 cm³/mol. The van der Waals surface area contributed by atoms with E-state index in [4.69, 9.17) is 0 Å². The van der Waals surface area contributed by atoms with Gasteiger partial charge in [-0.25, -0.2) is 0 Å². The summed E-state index contributed by atoms with van der Waals surface area (Å²) in [6.45, 7) is 0.842. The zero-order valence-corrected chi connectivity index (χ0v) is 11.5. The third-order valence-electron chi connectivity index (χ3n) is 2.24. The van der Waals surface area contributed by atoms with E-state index >= 15 is 0 Å². The summed E-state index contributed by atoms with van der Waals surface area (Å²) in [6.07, 6.45) is -3.49. The van der Waals surface area contributed by atoms with Gasteiger partial charge in [-0.3, -0.25) is 0 Å². The summed E-state index contributed by atoms with van der Waals surface area (Å²) in [4.78, 5) is 3.82. The summed E-state index contributed by atoms with van der Waals surface area (Å²) in [5, 5.41) is 6.65. The second kappa shape index (κ2) is 6.23. The van der Waals surface area contributed by atoms with Crippen LogP contribution in [0.2, 0.25) is 0 Å². The van der Waals surface area contributed by atoms with E-state index in [2.05, 4.69) is 40.6 Å². The number of ether oxygens (including phenoxy) is 1. The van der Waals surface area contributed by atoms with Crippen molar-refractivity contribution in [3.63, 3.8) is 0 Å². The van der Waals surface area contributed by atoms with Crippen molar-refractivity contribution in [3.8, 4) is 5.75 Å². The van der Waals surface area contributed by atoms with Crippen molar-refractivity contribution in [2.24, 2.45) is 0 Å². The molecule has 1 N–H and O–H groups in total. The van der Waals surface area contributed by atoms with Gasteiger partial charge in [0.05, 0.1) is 11.0 Å². The summed E-state index contributed by atoms with van der Waals surface area (Å²) in [5.74, 6) is 0.223. The lowest BCUT2D eigenvalue weighted by Gasteiger charge is -2.11. The molecule has 0 saturated carbocycles. The summed E-state index contributed by atoms with van der Waals surface area (Å²) < 4.78 is 45.0. The molecule has 1 aromatic heterocycles. The Morgan fingerprint density at radius 3 is 2.70 bits per heavy atom. The fourth-order valence-corrected chi connectivity index (χ4v) is 1.96. The Hall–Kier alpha value is -1.61. The predicted octanol–water partition coefficient (Wildman–Crippen LogP) is 3.02. The SMILES string of the molecule is FC(F)(F)Oc1ccc(CNCc2ncon2)cc1Br. The van der Waals surface area contributed by atoms with E-state index in [1.165, 1.54) is 18.5 Å². The zero-order chi connectivity index (χ0) is 14.6. The normalized spacial score (nSPS) is 11.6. The lowest BCUT2D eigenvalue weighted by atomic mass is 10.2. The Morgan fingerprint density at radius 1 is 1.30 bits per heavy atom. The Labute approximate surface area is 120 Å². The fraction of sp³-hybridized carbons (Fsp3) is 0.273. The maximum Gasteiger partial charge on any atom is 0.573 e. The van der Waals surface area contributed by atoms with Crippen LogP contribution in [0.3, 0.4) is 0 Å². The van der Waals surface area contributed by atoms with Gasteiger partial charge in [0, 0.05) is 6.54 Å². The van der Waals surface area contributed by atoms with Crippen molar-refractivity contribution in [3.05, 3.63) is 40.5 Å². The average Bonchev–Trinajstić information content (AvgIpc) is 2.84. The standard InChI is InChI=1S/C11H9BrF3N3O2/c12-8-3-7(1-2-9(8)20-11(13,14)15)4-16-5-10-17-6-19-18-10/h1-3,6,16H,4-5H2. The molecule has 1 heterocycles. The molecular formula is C11H9BrF3N3O2. The minimum absolute atomic E-state index is 0.230. The van der Waals surface area contributed by atoms with Gasteiger partial charge in [-0.1, -0.05) is 11.2 Å². The van der Waals surface area contributed by atoms with Crippen LogP contribution in [0.4, 0.5) is 13.2 Å². The molecule has 0 unspecified atom stereocenters. The van der Waals surface area contributed by atoms with Crippen LogP contribution >= 0.6 is 15.9 Å². The molecule has 0 amide bonds. The molecule has 20 heavy (non-hydrogen) atoms. The van der Waals surface area contributed by atoms with Crippen molar-refractivity contribution >= 4 is 15.9 Å². The molecule has 0 radical (unpaired) electrons. The number of hydrogen-bond donors (Lipinski definition) is 1. The van der Waals surface area contributed by atoms with E-state index in [0.29, 0.717) is 18.9 Å². The topological polar surface area (TPSA) is 60.2 Å². The molecule has 0 bridgehead atoms. The third kappa shape index (κ3) is 4.49. The van der Waals surface area contributed by atoms with E-state index in [1.807, 2.05) is 0 Å². The van der Waals surface area contributed by atoms with E-state index in [1.54, 1.807) is 6.07 Å². The van der Waals surface area contributed by atoms with Gasteiger partial charge in [0.2, 0.25) is 6.39 Å². The third-order valence-corrected chi connectivity index (χ3v) is 2.86. The number of aromatic nitrogens is 2. The number of nitrogens with zero attached hydrogens (tertiary/aromatic N) is 2. The zero-order valence-electron chi connectivity index (χ0n) is 9.95. The van der Waals surface area contributed by atoms with Gasteiger partial charge in [-0.05, 0) is 33.6 Å². The molecule has 0 saturated heterocycles. The highest BCUT2D eigenvalue weighted by atomic mass is 79.9. The highest BCUT2D eigenvalue weighted by Crippen LogP contribution is 2.30. The van der Waals surface area contributed by atoms with E-state index in [-0.39, 0.29) is 10.2 Å². The Morgan fingerprint density at radius 2 is 2.10 bits per heavy atom. The quantitative estimate of drug-likeness (QED) is 0.897. The Kier molecular flexibility index (Phi) is 4.61. The molecule has 2 rings (SSSR count). The van der Waals surface area contributed by atoms with Gasteiger partial charge >= 0.3 is 6.36 Å². The molecule has 0 fully saturated rings. The van der Waals surface area contributed by atoms with Crippen LogP contribution in [0.5, 0.6) is 5.75 Å². The largest absolute Gasteiger partial charge is 0.573 e. The summed E-state index contributed by atoms with van der Waals surface area (Å²) in [7, 11) is 0. The first-order valence-electron chi connectivity index (χ1n) is 5.44. The van der Waals surface area contributed by atoms with Gasteiger partial charge in [0.25, 0.3) is 0 Å². The molecule has 0 aliphatic rings. The number of alkyl halides is 3. The van der Waals surface area contributed by atoms with Crippen LogP contribution in [0.1, 0.15) is 11.4 Å². The number of hydrogen-bond acceptors (Lipinski definition) is 5. The average molecular weight is 352 g/mol. The van der Waals surface area contributed by atoms with Crippen LogP contribution in [-0.4, -0.2) is 16.5 Å². The number of halogens is 4. The van der Waals surface area contributed by atoms with Gasteiger partial charge in [0.15, 0.2) is 5.82 Å². The van der Waals surface area contributed by atoms with Gasteiger partial charge in [-0.2, -0.15) is 4.98 Å². The molecule has 5 nitrogen and oxygen atoms in total. The number of rotatable bonds is 5. The lowest BCUT2D eigenvalue weighted by molar-refractivity contribution is -0.274. The monoisotopic (exact) mass is 351 g/mol. The highest BCUT2D eigenvalue weighted by molar-refractivity contribution is 9.10. The molecule has 9 heteroatoms. The van der Waals surface area contributed by atoms with Crippen molar-refractivity contribution in [1.29, 1.82) is 0 Å². The molecule has 108 valence electrons. The second-order valence-corrected chi connectivity index (χ2v) is 4.62. The summed E-state index contributed by atoms with van der Waals surface area (Å²) >= 11 is 3.04. The maximum atomic E-state index is 12.1. The Bertz CT molecular complexity index is 561. The molecular weight excluding hydrogens is 343 g/mol. The van der Waals surface area contributed by atoms with Crippen molar-refractivity contribution in [1.82, 2.24) is 15.5 Å². The lowest BCUT2D eigenvalue weighted by Crippen LogP contribution is -2.17. The molecule has 1 aromatic carbocycles. The minimum Gasteiger partial charge on any atom is -0.405 e. The fourth-order valence-electron chi connectivity index (χ4n) is 1.45. The van der Waals surface area contributed by atoms with Crippen LogP contribution in [0.25, 0.3) is 0 Å². The van der Waals surface area contributed by atoms with Crippen molar-refractivity contribution in [2.75, 3.05) is 0 Å². The van der Waals surface area contributed by atoms with Crippen molar-refractivity contribution < 1.29 is 22.4 Å². The second-order valence-electron chi connectivity index (χ2n) is 3.76. The first kappa shape index (κ1) is 14.8. The number of benzene rings is 1. The molecule has 0 aliphatic carbocycles. The van der Waals surface area contributed by atoms with Crippen molar-refractivity contribution in [2.45, 2.75) is 19.5 Å². The minimum atomic E-state index is -4.71. The molecule has 0 aliphatic heterocycles. The highest BCUT2D eigenvalue weighted by Gasteiger charge is 2.31. The summed E-state index contributed by atoms with van der Waals surface area (Å²) in [5.41, 5.74) is 0.787. The summed E-state index contributed by atoms with van der Waals surface area (Å²) in [6, 6.07) is 4.34. The smallest absolute Gasteiger partial charge is 0.405 e. The van der Waals surface area contributed by atoms with Gasteiger partial charge in [-0.15, -0.1) is 13.2 Å². The molecule has 0 atom stereocenters. The van der Waals surface area contributed by atoms with Gasteiger partial charge in [0.1, 0.15) is 5.75 Å². The molecule has 2 aromatic rings. The van der Waals surface area contributed by atoms with Gasteiger partial charge < -0.3 is 14.6 Å². The molecule has 0 spiro atoms. The first-order chi connectivity index (χ1) is 9.44. The Balaban J connectivity index is 1.91. The van der Waals surface area contributed by atoms with Crippen LogP contribution in [0, 0.1) is 0 Å². The van der Waals surface area contributed by atoms with E-state index in [9.17, 15) is 13.2 Å².